The van der Waals surface area contributed by atoms with Crippen LogP contribution in [0.25, 0.3) is 0 Å². The van der Waals surface area contributed by atoms with E-state index in [0.29, 0.717) is 28.1 Å². The highest BCUT2D eigenvalue weighted by molar-refractivity contribution is 5.95. The number of nitrogen functional groups attached to an aromatic ring is 1. The van der Waals surface area contributed by atoms with Gasteiger partial charge in [0, 0.05) is 16.8 Å². The summed E-state index contributed by atoms with van der Waals surface area (Å²) in [7, 11) is 0. The minimum atomic E-state index is -0.567. The van der Waals surface area contributed by atoms with Gasteiger partial charge in [-0.2, -0.15) is 0 Å². The van der Waals surface area contributed by atoms with Gasteiger partial charge >= 0.3 is 0 Å². The molecular weight excluding hydrogens is 270 g/mol. The van der Waals surface area contributed by atoms with Crippen LogP contribution in [0, 0.1) is 0 Å². The topological polar surface area (TPSA) is 121 Å². The Kier molecular flexibility index (Phi) is 4.08. The predicted octanol–water partition coefficient (Wildman–Crippen LogP) is 1.05. The molecule has 6 nitrogen and oxygen atoms in total. The first-order valence-corrected chi connectivity index (χ1v) is 6.19. The van der Waals surface area contributed by atoms with Gasteiger partial charge < -0.3 is 21.9 Å². The van der Waals surface area contributed by atoms with Crippen LogP contribution in [0.3, 0.4) is 0 Å². The molecule has 0 aromatic heterocycles. The monoisotopic (exact) mass is 285 g/mol. The molecule has 6 N–H and O–H groups in total. The summed E-state index contributed by atoms with van der Waals surface area (Å²) in [5.41, 5.74) is 18.0. The number of amides is 2. The molecule has 21 heavy (non-hydrogen) atoms. The van der Waals surface area contributed by atoms with Crippen LogP contribution < -0.4 is 21.9 Å². The first-order valence-electron chi connectivity index (χ1n) is 6.19. The summed E-state index contributed by atoms with van der Waals surface area (Å²) in [5, 5.41) is 0. The van der Waals surface area contributed by atoms with Gasteiger partial charge in [-0.05, 0) is 24.3 Å². The number of para-hydroxylation sites is 1. The second-order valence-electron chi connectivity index (χ2n) is 4.43. The summed E-state index contributed by atoms with van der Waals surface area (Å²) in [6.07, 6.45) is 0. The van der Waals surface area contributed by atoms with Crippen molar-refractivity contribution < 1.29 is 14.3 Å². The lowest BCUT2D eigenvalue weighted by Crippen LogP contribution is -2.14. The number of carbonyl (C=O) groups is 2. The van der Waals surface area contributed by atoms with E-state index in [1.165, 1.54) is 6.07 Å². The lowest BCUT2D eigenvalue weighted by Gasteiger charge is -2.11. The SMILES string of the molecule is NC(=O)c1ccc(COc2ccccc2C(N)=O)c(N)c1. The first-order chi connectivity index (χ1) is 9.99. The Hall–Kier alpha value is -3.02. The number of hydrogen-bond donors (Lipinski definition) is 3. The highest BCUT2D eigenvalue weighted by Gasteiger charge is 2.10. The van der Waals surface area contributed by atoms with Crippen molar-refractivity contribution in [1.82, 2.24) is 0 Å². The summed E-state index contributed by atoms with van der Waals surface area (Å²) in [6, 6.07) is 11.4. The van der Waals surface area contributed by atoms with Crippen molar-refractivity contribution in [3.8, 4) is 5.75 Å². The van der Waals surface area contributed by atoms with Gasteiger partial charge in [0.25, 0.3) is 5.91 Å². The van der Waals surface area contributed by atoms with E-state index in [1.807, 2.05) is 0 Å². The van der Waals surface area contributed by atoms with E-state index in [9.17, 15) is 9.59 Å². The lowest BCUT2D eigenvalue weighted by molar-refractivity contribution is 0.0989. The first kappa shape index (κ1) is 14.4. The van der Waals surface area contributed by atoms with E-state index >= 15 is 0 Å². The average Bonchev–Trinajstić information content (AvgIpc) is 2.46. The van der Waals surface area contributed by atoms with Crippen molar-refractivity contribution in [2.75, 3.05) is 5.73 Å². The maximum atomic E-state index is 11.3. The minimum Gasteiger partial charge on any atom is -0.488 e. The third-order valence-electron chi connectivity index (χ3n) is 2.97. The third-order valence-corrected chi connectivity index (χ3v) is 2.97. The molecule has 0 heterocycles. The van der Waals surface area contributed by atoms with Crippen molar-refractivity contribution in [3.63, 3.8) is 0 Å². The molecule has 2 aromatic carbocycles. The van der Waals surface area contributed by atoms with Crippen molar-refractivity contribution >= 4 is 17.5 Å². The van der Waals surface area contributed by atoms with E-state index in [-0.39, 0.29) is 6.61 Å². The number of anilines is 1. The van der Waals surface area contributed by atoms with Gasteiger partial charge in [-0.15, -0.1) is 0 Å². The Balaban J connectivity index is 2.17. The standard InChI is InChI=1S/C15H15N3O3/c16-12-7-9(14(17)19)5-6-10(12)8-21-13-4-2-1-3-11(13)15(18)20/h1-7H,8,16H2,(H2,17,19)(H2,18,20). The van der Waals surface area contributed by atoms with Crippen molar-refractivity contribution in [2.45, 2.75) is 6.61 Å². The van der Waals surface area contributed by atoms with E-state index < -0.39 is 11.8 Å². The number of ether oxygens (including phenoxy) is 1. The number of primary amides is 2. The van der Waals surface area contributed by atoms with Crippen LogP contribution in [0.1, 0.15) is 26.3 Å². The Morgan fingerprint density at radius 3 is 2.33 bits per heavy atom. The van der Waals surface area contributed by atoms with Gasteiger partial charge in [-0.25, -0.2) is 0 Å². The zero-order valence-corrected chi connectivity index (χ0v) is 11.2. The molecule has 2 aromatic rings. The third kappa shape index (κ3) is 3.30. The average molecular weight is 285 g/mol. The maximum absolute atomic E-state index is 11.3. The Morgan fingerprint density at radius 2 is 1.71 bits per heavy atom. The Morgan fingerprint density at radius 1 is 1.00 bits per heavy atom. The fourth-order valence-corrected chi connectivity index (χ4v) is 1.83. The van der Waals surface area contributed by atoms with Crippen molar-refractivity contribution in [2.24, 2.45) is 11.5 Å². The van der Waals surface area contributed by atoms with Gasteiger partial charge in [0.2, 0.25) is 5.91 Å². The quantitative estimate of drug-likeness (QED) is 0.710. The van der Waals surface area contributed by atoms with E-state index in [0.717, 1.165) is 0 Å². The van der Waals surface area contributed by atoms with Crippen molar-refractivity contribution in [1.29, 1.82) is 0 Å². The zero-order valence-electron chi connectivity index (χ0n) is 11.2. The molecule has 0 aliphatic carbocycles. The smallest absolute Gasteiger partial charge is 0.252 e. The second-order valence-corrected chi connectivity index (χ2v) is 4.43. The van der Waals surface area contributed by atoms with Crippen LogP contribution in [0.4, 0.5) is 5.69 Å². The molecule has 0 fully saturated rings. The molecule has 0 atom stereocenters. The summed E-state index contributed by atoms with van der Waals surface area (Å²) in [6.45, 7) is 0.148. The summed E-state index contributed by atoms with van der Waals surface area (Å²) >= 11 is 0. The zero-order chi connectivity index (χ0) is 15.4. The van der Waals surface area contributed by atoms with Crippen LogP contribution in [-0.2, 0) is 6.61 Å². The van der Waals surface area contributed by atoms with Gasteiger partial charge in [-0.3, -0.25) is 9.59 Å². The number of benzene rings is 2. The van der Waals surface area contributed by atoms with Gasteiger partial charge in [-0.1, -0.05) is 18.2 Å². The van der Waals surface area contributed by atoms with Crippen LogP contribution >= 0.6 is 0 Å². The van der Waals surface area contributed by atoms with Crippen LogP contribution in [0.15, 0.2) is 42.5 Å². The molecule has 0 spiro atoms. The highest BCUT2D eigenvalue weighted by atomic mass is 16.5. The van der Waals surface area contributed by atoms with E-state index in [1.54, 1.807) is 36.4 Å². The number of rotatable bonds is 5. The second kappa shape index (κ2) is 5.96. The number of hydrogen-bond acceptors (Lipinski definition) is 4. The molecule has 6 heteroatoms. The molecule has 2 amide bonds. The number of nitrogens with two attached hydrogens (primary N) is 3. The van der Waals surface area contributed by atoms with Crippen LogP contribution in [-0.4, -0.2) is 11.8 Å². The largest absolute Gasteiger partial charge is 0.488 e. The van der Waals surface area contributed by atoms with Gasteiger partial charge in [0.15, 0.2) is 0 Å². The fraction of sp³-hybridized carbons (Fsp3) is 0.0667. The molecule has 0 radical (unpaired) electrons. The molecule has 2 rings (SSSR count). The summed E-state index contributed by atoms with van der Waals surface area (Å²) < 4.78 is 5.57. The van der Waals surface area contributed by atoms with E-state index in [4.69, 9.17) is 21.9 Å². The highest BCUT2D eigenvalue weighted by Crippen LogP contribution is 2.21. The molecule has 108 valence electrons. The predicted molar refractivity (Wildman–Crippen MR) is 78.7 cm³/mol. The van der Waals surface area contributed by atoms with Gasteiger partial charge in [0.1, 0.15) is 12.4 Å². The molecule has 0 aliphatic heterocycles. The summed E-state index contributed by atoms with van der Waals surface area (Å²) in [4.78, 5) is 22.3. The van der Waals surface area contributed by atoms with Gasteiger partial charge in [0.05, 0.1) is 5.56 Å². The molecule has 0 saturated carbocycles. The lowest BCUT2D eigenvalue weighted by atomic mass is 10.1. The summed E-state index contributed by atoms with van der Waals surface area (Å²) in [5.74, 6) is -0.737. The fourth-order valence-electron chi connectivity index (χ4n) is 1.83. The molecular formula is C15H15N3O3. The van der Waals surface area contributed by atoms with Crippen LogP contribution in [0.2, 0.25) is 0 Å². The molecule has 0 bridgehead atoms. The number of carbonyl (C=O) groups excluding carboxylic acids is 2. The molecule has 0 saturated heterocycles. The van der Waals surface area contributed by atoms with E-state index in [2.05, 4.69) is 0 Å². The molecule has 0 aliphatic rings. The van der Waals surface area contributed by atoms with Crippen molar-refractivity contribution in [3.05, 3.63) is 59.2 Å². The normalized spacial score (nSPS) is 10.1. The Labute approximate surface area is 121 Å². The Bertz CT molecular complexity index is 698. The maximum Gasteiger partial charge on any atom is 0.252 e. The molecule has 0 unspecified atom stereocenters. The van der Waals surface area contributed by atoms with Crippen LogP contribution in [0.5, 0.6) is 5.75 Å². The minimum absolute atomic E-state index is 0.148.